The summed E-state index contributed by atoms with van der Waals surface area (Å²) in [5.74, 6) is 0. The van der Waals surface area contributed by atoms with Gasteiger partial charge in [-0.2, -0.15) is 0 Å². The lowest BCUT2D eigenvalue weighted by molar-refractivity contribution is 0.0628. The number of nitrogens with one attached hydrogen (secondary N) is 1. The lowest BCUT2D eigenvalue weighted by Gasteiger charge is -2.42. The standard InChI is InChI=1S/C15H33N3/c1-5-6-7-8-16-9-10-17-11-13-18(14-12-17)15(2,3)4/h16H,5-14H2,1-4H3. The number of hydrogen-bond donors (Lipinski definition) is 1. The minimum absolute atomic E-state index is 0.338. The minimum Gasteiger partial charge on any atom is -0.315 e. The van der Waals surface area contributed by atoms with E-state index in [0.29, 0.717) is 5.54 Å². The van der Waals surface area contributed by atoms with Gasteiger partial charge in [-0.05, 0) is 33.7 Å². The minimum atomic E-state index is 0.338. The molecule has 1 rings (SSSR count). The van der Waals surface area contributed by atoms with E-state index in [0.717, 1.165) is 6.54 Å². The molecule has 1 saturated heterocycles. The molecule has 0 atom stereocenters. The van der Waals surface area contributed by atoms with Gasteiger partial charge in [0.25, 0.3) is 0 Å². The van der Waals surface area contributed by atoms with Crippen molar-refractivity contribution in [3.63, 3.8) is 0 Å². The second-order valence-corrected chi connectivity index (χ2v) is 6.46. The van der Waals surface area contributed by atoms with Gasteiger partial charge in [-0.15, -0.1) is 0 Å². The molecule has 0 saturated carbocycles. The van der Waals surface area contributed by atoms with E-state index in [1.807, 2.05) is 0 Å². The molecule has 0 amide bonds. The van der Waals surface area contributed by atoms with Gasteiger partial charge in [0.2, 0.25) is 0 Å². The Morgan fingerprint density at radius 1 is 0.944 bits per heavy atom. The normalized spacial score (nSPS) is 19.3. The average Bonchev–Trinajstić information content (AvgIpc) is 2.33. The maximum atomic E-state index is 3.55. The highest BCUT2D eigenvalue weighted by molar-refractivity contribution is 4.81. The molecule has 1 N–H and O–H groups in total. The highest BCUT2D eigenvalue weighted by Crippen LogP contribution is 2.15. The second kappa shape index (κ2) is 8.13. The number of unbranched alkanes of at least 4 members (excludes halogenated alkanes) is 2. The second-order valence-electron chi connectivity index (χ2n) is 6.46. The molecular formula is C15H33N3. The quantitative estimate of drug-likeness (QED) is 0.704. The molecule has 3 heteroatoms. The van der Waals surface area contributed by atoms with Crippen LogP contribution in [0.25, 0.3) is 0 Å². The van der Waals surface area contributed by atoms with Gasteiger partial charge in [-0.25, -0.2) is 0 Å². The molecule has 3 nitrogen and oxygen atoms in total. The summed E-state index contributed by atoms with van der Waals surface area (Å²) in [6.45, 7) is 17.7. The molecule has 0 bridgehead atoms. The van der Waals surface area contributed by atoms with Gasteiger partial charge in [0.05, 0.1) is 0 Å². The summed E-state index contributed by atoms with van der Waals surface area (Å²) in [5, 5.41) is 3.55. The van der Waals surface area contributed by atoms with E-state index < -0.39 is 0 Å². The number of nitrogens with zero attached hydrogens (tertiary/aromatic N) is 2. The third-order valence-electron chi connectivity index (χ3n) is 3.88. The van der Waals surface area contributed by atoms with E-state index >= 15 is 0 Å². The van der Waals surface area contributed by atoms with Crippen molar-refractivity contribution < 1.29 is 0 Å². The topological polar surface area (TPSA) is 18.5 Å². The number of hydrogen-bond acceptors (Lipinski definition) is 3. The van der Waals surface area contributed by atoms with Gasteiger partial charge in [0.1, 0.15) is 0 Å². The Morgan fingerprint density at radius 2 is 1.61 bits per heavy atom. The molecule has 1 aliphatic rings. The monoisotopic (exact) mass is 255 g/mol. The first kappa shape index (κ1) is 15.9. The highest BCUT2D eigenvalue weighted by atomic mass is 15.3. The van der Waals surface area contributed by atoms with Crippen LogP contribution in [0.2, 0.25) is 0 Å². The summed E-state index contributed by atoms with van der Waals surface area (Å²) in [7, 11) is 0. The zero-order chi connectivity index (χ0) is 13.4. The Balaban J connectivity index is 2.02. The predicted octanol–water partition coefficient (Wildman–Crippen LogP) is 2.18. The third-order valence-corrected chi connectivity index (χ3v) is 3.88. The molecule has 0 radical (unpaired) electrons. The van der Waals surface area contributed by atoms with Crippen LogP contribution >= 0.6 is 0 Å². The molecule has 0 unspecified atom stereocenters. The largest absolute Gasteiger partial charge is 0.315 e. The van der Waals surface area contributed by atoms with Crippen LogP contribution in [-0.4, -0.2) is 61.2 Å². The van der Waals surface area contributed by atoms with Crippen LogP contribution in [-0.2, 0) is 0 Å². The Morgan fingerprint density at radius 3 is 2.17 bits per heavy atom. The number of rotatable bonds is 7. The van der Waals surface area contributed by atoms with E-state index in [9.17, 15) is 0 Å². The molecule has 0 aliphatic carbocycles. The van der Waals surface area contributed by atoms with E-state index in [1.165, 1.54) is 58.5 Å². The summed E-state index contributed by atoms with van der Waals surface area (Å²) in [4.78, 5) is 5.19. The lowest BCUT2D eigenvalue weighted by Crippen LogP contribution is -2.54. The van der Waals surface area contributed by atoms with Crippen molar-refractivity contribution in [2.24, 2.45) is 0 Å². The summed E-state index contributed by atoms with van der Waals surface area (Å²) < 4.78 is 0. The SMILES string of the molecule is CCCCCNCCN1CCN(C(C)(C)C)CC1. The van der Waals surface area contributed by atoms with Gasteiger partial charge in [0.15, 0.2) is 0 Å². The van der Waals surface area contributed by atoms with Crippen LogP contribution in [0.4, 0.5) is 0 Å². The Bertz CT molecular complexity index is 202. The number of piperazine rings is 1. The molecule has 108 valence electrons. The molecule has 0 aromatic heterocycles. The van der Waals surface area contributed by atoms with Gasteiger partial charge in [0, 0.05) is 44.8 Å². The van der Waals surface area contributed by atoms with Crippen molar-refractivity contribution in [2.75, 3.05) is 45.8 Å². The molecule has 0 aromatic rings. The maximum absolute atomic E-state index is 3.55. The summed E-state index contributed by atoms with van der Waals surface area (Å²) in [5.41, 5.74) is 0.338. The first-order chi connectivity index (χ1) is 8.54. The zero-order valence-corrected chi connectivity index (χ0v) is 13.0. The fourth-order valence-corrected chi connectivity index (χ4v) is 2.50. The van der Waals surface area contributed by atoms with Crippen LogP contribution in [0.3, 0.4) is 0 Å². The van der Waals surface area contributed by atoms with Crippen LogP contribution < -0.4 is 5.32 Å². The fraction of sp³-hybridized carbons (Fsp3) is 1.00. The van der Waals surface area contributed by atoms with Crippen molar-refractivity contribution in [1.29, 1.82) is 0 Å². The zero-order valence-electron chi connectivity index (χ0n) is 13.0. The molecule has 1 aliphatic heterocycles. The van der Waals surface area contributed by atoms with Crippen LogP contribution in [0, 0.1) is 0 Å². The van der Waals surface area contributed by atoms with Crippen LogP contribution in [0.1, 0.15) is 47.0 Å². The molecule has 18 heavy (non-hydrogen) atoms. The van der Waals surface area contributed by atoms with Crippen LogP contribution in [0.5, 0.6) is 0 Å². The van der Waals surface area contributed by atoms with E-state index in [2.05, 4.69) is 42.8 Å². The Kier molecular flexibility index (Phi) is 7.20. The van der Waals surface area contributed by atoms with Crippen molar-refractivity contribution >= 4 is 0 Å². The molecule has 1 fully saturated rings. The first-order valence-electron chi connectivity index (χ1n) is 7.72. The van der Waals surface area contributed by atoms with Crippen molar-refractivity contribution in [3.05, 3.63) is 0 Å². The first-order valence-corrected chi connectivity index (χ1v) is 7.72. The van der Waals surface area contributed by atoms with Gasteiger partial charge in [-0.1, -0.05) is 19.8 Å². The van der Waals surface area contributed by atoms with Crippen molar-refractivity contribution in [2.45, 2.75) is 52.5 Å². The van der Waals surface area contributed by atoms with Crippen molar-refractivity contribution in [3.8, 4) is 0 Å². The Labute approximate surface area is 114 Å². The highest BCUT2D eigenvalue weighted by Gasteiger charge is 2.25. The summed E-state index contributed by atoms with van der Waals surface area (Å²) in [6.07, 6.45) is 4.00. The Hall–Kier alpha value is -0.120. The summed E-state index contributed by atoms with van der Waals surface area (Å²) in [6, 6.07) is 0. The molecule has 0 aromatic carbocycles. The maximum Gasteiger partial charge on any atom is 0.0126 e. The molecular weight excluding hydrogens is 222 g/mol. The summed E-state index contributed by atoms with van der Waals surface area (Å²) >= 11 is 0. The van der Waals surface area contributed by atoms with Gasteiger partial charge >= 0.3 is 0 Å². The van der Waals surface area contributed by atoms with E-state index in [-0.39, 0.29) is 0 Å². The predicted molar refractivity (Wildman–Crippen MR) is 80.2 cm³/mol. The van der Waals surface area contributed by atoms with Crippen LogP contribution in [0.15, 0.2) is 0 Å². The lowest BCUT2D eigenvalue weighted by atomic mass is 10.1. The third kappa shape index (κ3) is 6.17. The van der Waals surface area contributed by atoms with E-state index in [1.54, 1.807) is 0 Å². The van der Waals surface area contributed by atoms with E-state index in [4.69, 9.17) is 0 Å². The average molecular weight is 255 g/mol. The molecule has 0 spiro atoms. The molecule has 1 heterocycles. The smallest absolute Gasteiger partial charge is 0.0126 e. The van der Waals surface area contributed by atoms with Gasteiger partial charge in [-0.3, -0.25) is 9.80 Å². The van der Waals surface area contributed by atoms with Crippen molar-refractivity contribution in [1.82, 2.24) is 15.1 Å². The van der Waals surface area contributed by atoms with Gasteiger partial charge < -0.3 is 5.32 Å². The fourth-order valence-electron chi connectivity index (χ4n) is 2.50.